The number of carbonyl (C=O) groups is 2. The third-order valence-corrected chi connectivity index (χ3v) is 7.29. The molecule has 0 spiro atoms. The zero-order valence-corrected chi connectivity index (χ0v) is 23.6. The Morgan fingerprint density at radius 1 is 0.805 bits per heavy atom. The molecule has 222 valence electrons. The first-order valence-corrected chi connectivity index (χ1v) is 14.5. The van der Waals surface area contributed by atoms with E-state index < -0.39 is 29.7 Å². The van der Waals surface area contributed by atoms with E-state index in [-0.39, 0.29) is 6.42 Å². The van der Waals surface area contributed by atoms with E-state index in [4.69, 9.17) is 9.84 Å². The normalized spacial score (nSPS) is 12.3. The van der Waals surface area contributed by atoms with Crippen LogP contribution in [0.25, 0.3) is 10.8 Å². The number of carbonyl (C=O) groups excluding carboxylic acids is 1. The van der Waals surface area contributed by atoms with Gasteiger partial charge in [-0.25, -0.2) is 4.79 Å². The lowest BCUT2D eigenvalue weighted by atomic mass is 9.94. The molecule has 0 aliphatic carbocycles. The third-order valence-electron chi connectivity index (χ3n) is 7.29. The van der Waals surface area contributed by atoms with Crippen molar-refractivity contribution in [3.8, 4) is 5.75 Å². The predicted octanol–water partition coefficient (Wildman–Crippen LogP) is 8.64. The van der Waals surface area contributed by atoms with Gasteiger partial charge in [-0.1, -0.05) is 107 Å². The Hall–Kier alpha value is -3.55. The maximum atomic E-state index is 13.1. The number of alkyl halides is 3. The van der Waals surface area contributed by atoms with Crippen LogP contribution in [0.5, 0.6) is 5.75 Å². The molecule has 1 amide bonds. The number of hydrogen-bond donors (Lipinski definition) is 2. The van der Waals surface area contributed by atoms with Crippen LogP contribution in [0.2, 0.25) is 0 Å². The summed E-state index contributed by atoms with van der Waals surface area (Å²) in [7, 11) is 0. The third kappa shape index (κ3) is 10.1. The van der Waals surface area contributed by atoms with Crippen molar-refractivity contribution in [2.75, 3.05) is 6.61 Å². The molecule has 0 bridgehead atoms. The summed E-state index contributed by atoms with van der Waals surface area (Å²) in [4.78, 5) is 23.3. The first-order valence-electron chi connectivity index (χ1n) is 14.5. The fourth-order valence-electron chi connectivity index (χ4n) is 5.01. The van der Waals surface area contributed by atoms with Crippen LogP contribution in [0.15, 0.2) is 60.7 Å². The summed E-state index contributed by atoms with van der Waals surface area (Å²) in [6.07, 6.45) is 8.08. The van der Waals surface area contributed by atoms with E-state index in [2.05, 4.69) is 12.2 Å². The second kappa shape index (κ2) is 16.0. The summed E-state index contributed by atoms with van der Waals surface area (Å²) in [5.74, 6) is -2.15. The van der Waals surface area contributed by atoms with E-state index in [0.29, 0.717) is 12.2 Å². The zero-order valence-electron chi connectivity index (χ0n) is 23.6. The van der Waals surface area contributed by atoms with Crippen molar-refractivity contribution in [1.29, 1.82) is 0 Å². The van der Waals surface area contributed by atoms with E-state index in [1.807, 2.05) is 36.4 Å². The van der Waals surface area contributed by atoms with E-state index >= 15 is 0 Å². The number of ether oxygens (including phenoxy) is 1. The number of halogens is 3. The van der Waals surface area contributed by atoms with Crippen molar-refractivity contribution < 1.29 is 32.6 Å². The topological polar surface area (TPSA) is 75.6 Å². The number of unbranched alkanes of at least 4 members (excludes halogenated alkanes) is 9. The molecule has 1 unspecified atom stereocenters. The second-order valence-electron chi connectivity index (χ2n) is 10.5. The van der Waals surface area contributed by atoms with Gasteiger partial charge in [-0.2, -0.15) is 13.2 Å². The summed E-state index contributed by atoms with van der Waals surface area (Å²) < 4.78 is 45.3. The second-order valence-corrected chi connectivity index (χ2v) is 10.5. The van der Waals surface area contributed by atoms with Gasteiger partial charge in [0.05, 0.1) is 18.2 Å². The van der Waals surface area contributed by atoms with E-state index in [1.165, 1.54) is 63.5 Å². The summed E-state index contributed by atoms with van der Waals surface area (Å²) >= 11 is 0. The van der Waals surface area contributed by atoms with Crippen LogP contribution in [0.1, 0.15) is 93.9 Å². The molecule has 3 aromatic rings. The van der Waals surface area contributed by atoms with Gasteiger partial charge in [0.1, 0.15) is 5.75 Å². The number of rotatable bonds is 16. The molecule has 0 fully saturated rings. The first kappa shape index (κ1) is 32.0. The number of aliphatic carboxylic acids is 1. The van der Waals surface area contributed by atoms with Gasteiger partial charge in [0.15, 0.2) is 0 Å². The van der Waals surface area contributed by atoms with Crippen molar-refractivity contribution in [3.05, 3.63) is 77.4 Å². The Kier molecular flexibility index (Phi) is 12.5. The molecule has 41 heavy (non-hydrogen) atoms. The Balaban J connectivity index is 1.65. The summed E-state index contributed by atoms with van der Waals surface area (Å²) in [5.41, 5.74) is 0.361. The quantitative estimate of drug-likeness (QED) is 0.133. The predicted molar refractivity (Wildman–Crippen MR) is 155 cm³/mol. The monoisotopic (exact) mass is 571 g/mol. The van der Waals surface area contributed by atoms with E-state index in [0.717, 1.165) is 47.1 Å². The van der Waals surface area contributed by atoms with Gasteiger partial charge >= 0.3 is 18.1 Å². The highest BCUT2D eigenvalue weighted by atomic mass is 19.4. The molecule has 8 heteroatoms. The maximum Gasteiger partial charge on any atom is 0.416 e. The number of carboxylic acid groups (broad SMARTS) is 1. The molecule has 0 aliphatic heterocycles. The Labute approximate surface area is 240 Å². The van der Waals surface area contributed by atoms with Crippen LogP contribution in [-0.2, 0) is 22.2 Å². The highest BCUT2D eigenvalue weighted by Gasteiger charge is 2.30. The molecule has 3 aromatic carbocycles. The number of benzene rings is 3. The number of nitrogens with one attached hydrogen (secondary N) is 1. The molecular weight excluding hydrogens is 531 g/mol. The van der Waals surface area contributed by atoms with Crippen LogP contribution in [-0.4, -0.2) is 23.6 Å². The molecule has 0 heterocycles. The molecule has 0 saturated heterocycles. The minimum Gasteiger partial charge on any atom is -0.493 e. The van der Waals surface area contributed by atoms with Crippen LogP contribution < -0.4 is 10.1 Å². The maximum absolute atomic E-state index is 13.1. The van der Waals surface area contributed by atoms with Crippen LogP contribution in [0.3, 0.4) is 0 Å². The Morgan fingerprint density at radius 2 is 1.39 bits per heavy atom. The van der Waals surface area contributed by atoms with Crippen LogP contribution in [0.4, 0.5) is 13.2 Å². The molecule has 0 radical (unpaired) electrons. The van der Waals surface area contributed by atoms with Gasteiger partial charge < -0.3 is 15.2 Å². The number of hydrogen-bond acceptors (Lipinski definition) is 3. The van der Waals surface area contributed by atoms with Crippen molar-refractivity contribution in [2.45, 2.75) is 89.8 Å². The minimum atomic E-state index is -4.50. The zero-order chi connectivity index (χ0) is 29.7. The van der Waals surface area contributed by atoms with E-state index in [1.54, 1.807) is 0 Å². The molecule has 0 aliphatic rings. The Morgan fingerprint density at radius 3 is 1.98 bits per heavy atom. The molecule has 5 nitrogen and oxygen atoms in total. The SMILES string of the molecule is CCCCCCCCCCCCOc1ccc(CC(NC(=O)C(=O)O)c2ccc(C(F)(F)F)cc2)c2ccccc12. The van der Waals surface area contributed by atoms with E-state index in [9.17, 15) is 22.8 Å². The average molecular weight is 572 g/mol. The molecule has 3 rings (SSSR count). The lowest BCUT2D eigenvalue weighted by Crippen LogP contribution is -2.35. The summed E-state index contributed by atoms with van der Waals surface area (Å²) in [6, 6.07) is 14.9. The lowest BCUT2D eigenvalue weighted by molar-refractivity contribution is -0.150. The number of carboxylic acids is 1. The van der Waals surface area contributed by atoms with Crippen molar-refractivity contribution >= 4 is 22.6 Å². The van der Waals surface area contributed by atoms with Gasteiger partial charge in [-0.15, -0.1) is 0 Å². The fourth-order valence-corrected chi connectivity index (χ4v) is 5.01. The molecule has 1 atom stereocenters. The average Bonchev–Trinajstić information content (AvgIpc) is 2.96. The first-order chi connectivity index (χ1) is 19.7. The van der Waals surface area contributed by atoms with Crippen molar-refractivity contribution in [1.82, 2.24) is 5.32 Å². The smallest absolute Gasteiger partial charge is 0.416 e. The standard InChI is InChI=1S/C33H40F3NO4/c1-2-3-4-5-6-7-8-9-10-13-22-41-30-21-18-25(27-14-11-12-15-28(27)30)23-29(37-31(38)32(39)40)24-16-19-26(20-17-24)33(34,35)36/h11-12,14-21,29H,2-10,13,22-23H2,1H3,(H,37,38)(H,39,40). The summed E-state index contributed by atoms with van der Waals surface area (Å²) in [6.45, 7) is 2.83. The molecular formula is C33H40F3NO4. The Bertz CT molecular complexity index is 1260. The van der Waals surface area contributed by atoms with Gasteiger partial charge in [0, 0.05) is 5.39 Å². The lowest BCUT2D eigenvalue weighted by Gasteiger charge is -2.21. The fraction of sp³-hybridized carbons (Fsp3) is 0.455. The van der Waals surface area contributed by atoms with Crippen molar-refractivity contribution in [3.63, 3.8) is 0 Å². The van der Waals surface area contributed by atoms with Gasteiger partial charge in [-0.3, -0.25) is 4.79 Å². The van der Waals surface area contributed by atoms with Gasteiger partial charge in [-0.05, 0) is 47.6 Å². The highest BCUT2D eigenvalue weighted by Crippen LogP contribution is 2.33. The number of amides is 1. The molecule has 2 N–H and O–H groups in total. The summed E-state index contributed by atoms with van der Waals surface area (Å²) in [5, 5.41) is 13.3. The van der Waals surface area contributed by atoms with Crippen molar-refractivity contribution in [2.24, 2.45) is 0 Å². The largest absolute Gasteiger partial charge is 0.493 e. The minimum absolute atomic E-state index is 0.184. The van der Waals surface area contributed by atoms with Gasteiger partial charge in [0.2, 0.25) is 0 Å². The van der Waals surface area contributed by atoms with Crippen LogP contribution >= 0.6 is 0 Å². The number of fused-ring (bicyclic) bond motifs is 1. The molecule has 0 aromatic heterocycles. The molecule has 0 saturated carbocycles. The van der Waals surface area contributed by atoms with Gasteiger partial charge in [0.25, 0.3) is 0 Å². The highest BCUT2D eigenvalue weighted by molar-refractivity contribution is 6.31. The van der Waals surface area contributed by atoms with Crippen LogP contribution in [0, 0.1) is 0 Å².